The third-order valence-corrected chi connectivity index (χ3v) is 6.19. The van der Waals surface area contributed by atoms with Gasteiger partial charge in [-0.2, -0.15) is 0 Å². The van der Waals surface area contributed by atoms with Crippen LogP contribution in [0.3, 0.4) is 0 Å². The number of carbonyl (C=O) groups is 1. The summed E-state index contributed by atoms with van der Waals surface area (Å²) < 4.78 is 13.2. The number of halogens is 1. The van der Waals surface area contributed by atoms with Crippen LogP contribution in [-0.2, 0) is 0 Å². The van der Waals surface area contributed by atoms with Crippen molar-refractivity contribution in [1.29, 1.82) is 0 Å². The van der Waals surface area contributed by atoms with E-state index in [2.05, 4.69) is 10.6 Å². The molecule has 5 heteroatoms. The van der Waals surface area contributed by atoms with Gasteiger partial charge in [-0.15, -0.1) is 0 Å². The first-order valence-corrected chi connectivity index (χ1v) is 9.39. The molecule has 2 saturated heterocycles. The number of amides is 2. The summed E-state index contributed by atoms with van der Waals surface area (Å²) in [5.41, 5.74) is 0.504. The minimum atomic E-state index is -0.334. The first-order valence-electron chi connectivity index (χ1n) is 9.39. The summed E-state index contributed by atoms with van der Waals surface area (Å²) >= 11 is 0. The lowest BCUT2D eigenvalue weighted by Crippen LogP contribution is -3.21. The number of nitrogens with one attached hydrogen (secondary N) is 3. The fourth-order valence-electron chi connectivity index (χ4n) is 5.32. The van der Waals surface area contributed by atoms with Gasteiger partial charge in [-0.3, -0.25) is 0 Å². The number of rotatable bonds is 3. The second-order valence-electron chi connectivity index (χ2n) is 7.73. The fourth-order valence-corrected chi connectivity index (χ4v) is 5.32. The lowest BCUT2D eigenvalue weighted by Gasteiger charge is -2.39. The molecule has 1 aromatic carbocycles. The number of benzene rings is 1. The molecular weight excluding hydrogens is 305 g/mol. The average molecular weight is 332 g/mol. The third kappa shape index (κ3) is 3.27. The van der Waals surface area contributed by atoms with Crippen LogP contribution < -0.4 is 15.5 Å². The minimum Gasteiger partial charge on any atom is -0.335 e. The Labute approximate surface area is 142 Å². The Morgan fingerprint density at radius 3 is 2.42 bits per heavy atom. The predicted molar refractivity (Wildman–Crippen MR) is 91.6 cm³/mol. The molecule has 1 saturated carbocycles. The van der Waals surface area contributed by atoms with E-state index in [1.807, 2.05) is 4.90 Å². The number of hydrogen-bond acceptors (Lipinski definition) is 1. The van der Waals surface area contributed by atoms with Crippen molar-refractivity contribution in [2.45, 2.75) is 75.5 Å². The van der Waals surface area contributed by atoms with Crippen molar-refractivity contribution < 1.29 is 14.1 Å². The Morgan fingerprint density at radius 1 is 1.04 bits per heavy atom. The maximum absolute atomic E-state index is 13.2. The van der Waals surface area contributed by atoms with Gasteiger partial charge in [0, 0.05) is 37.4 Å². The number of quaternary nitrogens is 1. The van der Waals surface area contributed by atoms with Gasteiger partial charge in [0.1, 0.15) is 5.82 Å². The molecule has 130 valence electrons. The van der Waals surface area contributed by atoms with Crippen LogP contribution in [-0.4, -0.2) is 30.2 Å². The normalized spacial score (nSPS) is 32.7. The minimum absolute atomic E-state index is 0.214. The largest absolute Gasteiger partial charge is 0.335 e. The lowest BCUT2D eigenvalue weighted by molar-refractivity contribution is -0.964. The molecule has 3 N–H and O–H groups in total. The SMILES string of the molecule is O=C(Nc1cccc(F)c1)NC1C[C@H]2CC[C@@H](C1)[NH+]2C1CCCC1. The van der Waals surface area contributed by atoms with E-state index in [0.717, 1.165) is 18.9 Å². The maximum Gasteiger partial charge on any atom is 0.319 e. The van der Waals surface area contributed by atoms with Gasteiger partial charge in [-0.25, -0.2) is 9.18 Å². The van der Waals surface area contributed by atoms with Crippen LogP contribution in [0.15, 0.2) is 24.3 Å². The smallest absolute Gasteiger partial charge is 0.319 e. The standard InChI is InChI=1S/C19H26FN3O/c20-13-4-3-5-14(10-13)21-19(24)22-15-11-17-8-9-18(12-15)23(17)16-6-1-2-7-16/h3-5,10,15-18H,1-2,6-9,11-12H2,(H2,21,22,24)/p+1/t15?,17-,18+. The predicted octanol–water partition coefficient (Wildman–Crippen LogP) is 2.47. The molecule has 2 heterocycles. The van der Waals surface area contributed by atoms with E-state index in [4.69, 9.17) is 0 Å². The van der Waals surface area contributed by atoms with Gasteiger partial charge >= 0.3 is 6.03 Å². The number of anilines is 1. The zero-order valence-electron chi connectivity index (χ0n) is 14.1. The monoisotopic (exact) mass is 332 g/mol. The molecule has 2 bridgehead atoms. The van der Waals surface area contributed by atoms with Gasteiger partial charge in [0.15, 0.2) is 0 Å². The van der Waals surface area contributed by atoms with Crippen molar-refractivity contribution in [3.05, 3.63) is 30.1 Å². The Bertz CT molecular complexity index is 588. The quantitative estimate of drug-likeness (QED) is 0.782. The molecule has 0 spiro atoms. The number of hydrogen-bond donors (Lipinski definition) is 3. The summed E-state index contributed by atoms with van der Waals surface area (Å²) in [5.74, 6) is -0.334. The number of urea groups is 1. The van der Waals surface area contributed by atoms with Crippen molar-refractivity contribution in [3.8, 4) is 0 Å². The van der Waals surface area contributed by atoms with Crippen LogP contribution in [0.2, 0.25) is 0 Å². The highest BCUT2D eigenvalue weighted by molar-refractivity contribution is 5.89. The van der Waals surface area contributed by atoms with E-state index >= 15 is 0 Å². The fraction of sp³-hybridized carbons (Fsp3) is 0.632. The van der Waals surface area contributed by atoms with E-state index in [1.54, 1.807) is 12.1 Å². The molecule has 2 unspecified atom stereocenters. The summed E-state index contributed by atoms with van der Waals surface area (Å²) in [6.07, 6.45) is 10.3. The summed E-state index contributed by atoms with van der Waals surface area (Å²) in [5, 5.41) is 5.86. The van der Waals surface area contributed by atoms with Crippen molar-refractivity contribution in [2.24, 2.45) is 0 Å². The second kappa shape index (κ2) is 6.71. The van der Waals surface area contributed by atoms with Gasteiger partial charge < -0.3 is 15.5 Å². The number of carbonyl (C=O) groups excluding carboxylic acids is 1. The van der Waals surface area contributed by atoms with E-state index in [9.17, 15) is 9.18 Å². The molecule has 0 aromatic heterocycles. The Hall–Kier alpha value is -1.62. The highest BCUT2D eigenvalue weighted by atomic mass is 19.1. The third-order valence-electron chi connectivity index (χ3n) is 6.19. The van der Waals surface area contributed by atoms with E-state index in [1.165, 1.54) is 50.7 Å². The summed E-state index contributed by atoms with van der Waals surface area (Å²) in [6.45, 7) is 0. The lowest BCUT2D eigenvalue weighted by atomic mass is 9.95. The molecule has 2 amide bonds. The molecule has 2 aliphatic heterocycles. The summed E-state index contributed by atoms with van der Waals surface area (Å²) in [4.78, 5) is 14.1. The van der Waals surface area contributed by atoms with E-state index in [0.29, 0.717) is 17.8 Å². The van der Waals surface area contributed by atoms with Crippen LogP contribution in [0.25, 0.3) is 0 Å². The Morgan fingerprint density at radius 2 is 1.75 bits per heavy atom. The van der Waals surface area contributed by atoms with Crippen LogP contribution in [0.5, 0.6) is 0 Å². The zero-order valence-corrected chi connectivity index (χ0v) is 14.1. The van der Waals surface area contributed by atoms with Crippen molar-refractivity contribution >= 4 is 11.7 Å². The van der Waals surface area contributed by atoms with E-state index < -0.39 is 0 Å². The van der Waals surface area contributed by atoms with E-state index in [-0.39, 0.29) is 17.9 Å². The van der Waals surface area contributed by atoms with Crippen molar-refractivity contribution in [2.75, 3.05) is 5.32 Å². The van der Waals surface area contributed by atoms with Crippen LogP contribution in [0.4, 0.5) is 14.9 Å². The highest BCUT2D eigenvalue weighted by Gasteiger charge is 2.48. The molecule has 1 aromatic rings. The van der Waals surface area contributed by atoms with Crippen LogP contribution in [0, 0.1) is 5.82 Å². The Balaban J connectivity index is 1.33. The first-order chi connectivity index (χ1) is 11.7. The number of fused-ring (bicyclic) bond motifs is 2. The molecule has 1 aliphatic carbocycles. The van der Waals surface area contributed by atoms with Crippen molar-refractivity contribution in [1.82, 2.24) is 5.32 Å². The summed E-state index contributed by atoms with van der Waals surface area (Å²) in [7, 11) is 0. The zero-order chi connectivity index (χ0) is 16.5. The molecule has 4 atom stereocenters. The molecule has 4 rings (SSSR count). The van der Waals surface area contributed by atoms with Gasteiger partial charge in [0.05, 0.1) is 18.1 Å². The molecule has 4 nitrogen and oxygen atoms in total. The molecular formula is C19H27FN3O+. The topological polar surface area (TPSA) is 45.6 Å². The van der Waals surface area contributed by atoms with Gasteiger partial charge in [-0.1, -0.05) is 6.07 Å². The first kappa shape index (κ1) is 15.9. The van der Waals surface area contributed by atoms with Gasteiger partial charge in [-0.05, 0) is 43.9 Å². The number of piperidine rings is 1. The molecule has 24 heavy (non-hydrogen) atoms. The van der Waals surface area contributed by atoms with Crippen molar-refractivity contribution in [3.63, 3.8) is 0 Å². The maximum atomic E-state index is 13.2. The van der Waals surface area contributed by atoms with Crippen LogP contribution >= 0.6 is 0 Å². The van der Waals surface area contributed by atoms with Crippen LogP contribution in [0.1, 0.15) is 51.4 Å². The average Bonchev–Trinajstić information content (AvgIpc) is 3.13. The summed E-state index contributed by atoms with van der Waals surface area (Å²) in [6, 6.07) is 8.37. The molecule has 3 aliphatic rings. The molecule has 3 fully saturated rings. The molecule has 0 radical (unpaired) electrons. The van der Waals surface area contributed by atoms with Gasteiger partial charge in [0.25, 0.3) is 0 Å². The second-order valence-corrected chi connectivity index (χ2v) is 7.73. The van der Waals surface area contributed by atoms with Gasteiger partial charge in [0.2, 0.25) is 0 Å². The highest BCUT2D eigenvalue weighted by Crippen LogP contribution is 2.27. The Kier molecular flexibility index (Phi) is 4.44.